The van der Waals surface area contributed by atoms with Gasteiger partial charge >= 0.3 is 0 Å². The van der Waals surface area contributed by atoms with Crippen LogP contribution in [0.15, 0.2) is 24.3 Å². The molecule has 3 rings (SSSR count). The summed E-state index contributed by atoms with van der Waals surface area (Å²) >= 11 is 0. The predicted octanol–water partition coefficient (Wildman–Crippen LogP) is 2.18. The molecule has 0 aliphatic carbocycles. The average Bonchev–Trinajstić information content (AvgIpc) is 2.84. The van der Waals surface area contributed by atoms with Gasteiger partial charge in [-0.15, -0.1) is 0 Å². The Kier molecular flexibility index (Phi) is 3.81. The zero-order valence-electron chi connectivity index (χ0n) is 10.7. The average molecular weight is 247 g/mol. The maximum absolute atomic E-state index is 5.89. The number of fused-ring (bicyclic) bond motifs is 1. The van der Waals surface area contributed by atoms with Gasteiger partial charge in [0, 0.05) is 18.0 Å². The third kappa shape index (κ3) is 2.68. The van der Waals surface area contributed by atoms with Crippen molar-refractivity contribution in [3.8, 4) is 5.75 Å². The first kappa shape index (κ1) is 12.0. The molecule has 2 atom stereocenters. The van der Waals surface area contributed by atoms with Crippen LogP contribution in [0.5, 0.6) is 5.75 Å². The molecule has 3 nitrogen and oxygen atoms in total. The first-order valence-electron chi connectivity index (χ1n) is 6.93. The molecule has 0 radical (unpaired) electrons. The molecule has 98 valence electrons. The maximum atomic E-state index is 5.89. The van der Waals surface area contributed by atoms with Gasteiger partial charge in [-0.25, -0.2) is 0 Å². The summed E-state index contributed by atoms with van der Waals surface area (Å²) in [5, 5.41) is 3.42. The predicted molar refractivity (Wildman–Crippen MR) is 71.1 cm³/mol. The normalized spacial score (nSPS) is 26.7. The zero-order chi connectivity index (χ0) is 12.2. The van der Waals surface area contributed by atoms with E-state index in [0.29, 0.717) is 11.8 Å². The molecule has 0 saturated carbocycles. The van der Waals surface area contributed by atoms with Crippen molar-refractivity contribution in [1.82, 2.24) is 5.32 Å². The molecule has 1 aromatic rings. The Balaban J connectivity index is 1.47. The fourth-order valence-electron chi connectivity index (χ4n) is 2.81. The number of piperidine rings is 1. The van der Waals surface area contributed by atoms with Gasteiger partial charge in [0.2, 0.25) is 0 Å². The van der Waals surface area contributed by atoms with Gasteiger partial charge in [-0.1, -0.05) is 18.2 Å². The third-order valence-corrected chi connectivity index (χ3v) is 3.87. The standard InChI is InChI=1S/C15H21NO2/c1-2-6-15-14(5-1)13(11-18-15)10-17-9-12-4-3-7-16-8-12/h1-2,5-6,12-13,16H,3-4,7-11H2. The molecule has 2 aliphatic rings. The first-order chi connectivity index (χ1) is 8.93. The number of hydrogen-bond donors (Lipinski definition) is 1. The van der Waals surface area contributed by atoms with E-state index >= 15 is 0 Å². The van der Waals surface area contributed by atoms with E-state index in [9.17, 15) is 0 Å². The van der Waals surface area contributed by atoms with E-state index in [2.05, 4.69) is 17.4 Å². The monoisotopic (exact) mass is 247 g/mol. The summed E-state index contributed by atoms with van der Waals surface area (Å²) in [7, 11) is 0. The number of nitrogens with one attached hydrogen (secondary N) is 1. The number of benzene rings is 1. The SMILES string of the molecule is c1ccc2c(c1)OCC2COCC1CCCNC1. The van der Waals surface area contributed by atoms with Crippen LogP contribution in [0.25, 0.3) is 0 Å². The lowest BCUT2D eigenvalue weighted by atomic mass is 10.0. The van der Waals surface area contributed by atoms with E-state index in [1.54, 1.807) is 0 Å². The molecule has 1 aromatic carbocycles. The maximum Gasteiger partial charge on any atom is 0.123 e. The van der Waals surface area contributed by atoms with Gasteiger partial charge in [-0.2, -0.15) is 0 Å². The lowest BCUT2D eigenvalue weighted by molar-refractivity contribution is 0.0751. The Labute approximate surface area is 108 Å². The van der Waals surface area contributed by atoms with Crippen LogP contribution in [-0.4, -0.2) is 32.9 Å². The summed E-state index contributed by atoms with van der Waals surface area (Å²) in [5.74, 6) is 2.14. The van der Waals surface area contributed by atoms with Crippen molar-refractivity contribution < 1.29 is 9.47 Å². The fraction of sp³-hybridized carbons (Fsp3) is 0.600. The quantitative estimate of drug-likeness (QED) is 0.884. The summed E-state index contributed by atoms with van der Waals surface area (Å²) in [5.41, 5.74) is 1.30. The molecule has 2 aliphatic heterocycles. The van der Waals surface area contributed by atoms with Crippen molar-refractivity contribution >= 4 is 0 Å². The third-order valence-electron chi connectivity index (χ3n) is 3.87. The van der Waals surface area contributed by atoms with Gasteiger partial charge < -0.3 is 14.8 Å². The first-order valence-corrected chi connectivity index (χ1v) is 6.93. The molecular formula is C15H21NO2. The van der Waals surface area contributed by atoms with E-state index in [1.165, 1.54) is 24.9 Å². The molecule has 0 spiro atoms. The molecule has 1 N–H and O–H groups in total. The van der Waals surface area contributed by atoms with Crippen LogP contribution in [-0.2, 0) is 4.74 Å². The molecule has 1 fully saturated rings. The van der Waals surface area contributed by atoms with Crippen LogP contribution < -0.4 is 10.1 Å². The highest BCUT2D eigenvalue weighted by molar-refractivity contribution is 5.39. The van der Waals surface area contributed by atoms with Gasteiger partial charge in [-0.3, -0.25) is 0 Å². The van der Waals surface area contributed by atoms with Crippen LogP contribution in [0.4, 0.5) is 0 Å². The van der Waals surface area contributed by atoms with Crippen LogP contribution in [0.1, 0.15) is 24.3 Å². The molecule has 1 saturated heterocycles. The van der Waals surface area contributed by atoms with E-state index in [0.717, 1.165) is 32.1 Å². The highest BCUT2D eigenvalue weighted by Crippen LogP contribution is 2.33. The van der Waals surface area contributed by atoms with E-state index in [1.807, 2.05) is 12.1 Å². The van der Waals surface area contributed by atoms with Crippen molar-refractivity contribution in [2.45, 2.75) is 18.8 Å². The van der Waals surface area contributed by atoms with Crippen LogP contribution in [0.2, 0.25) is 0 Å². The summed E-state index contributed by atoms with van der Waals surface area (Å²) in [6.07, 6.45) is 2.58. The number of rotatable bonds is 4. The molecular weight excluding hydrogens is 226 g/mol. The second kappa shape index (κ2) is 5.72. The Morgan fingerprint density at radius 3 is 3.11 bits per heavy atom. The topological polar surface area (TPSA) is 30.5 Å². The van der Waals surface area contributed by atoms with Gasteiger partial charge in [0.25, 0.3) is 0 Å². The van der Waals surface area contributed by atoms with E-state index < -0.39 is 0 Å². The van der Waals surface area contributed by atoms with Gasteiger partial charge in [0.15, 0.2) is 0 Å². The van der Waals surface area contributed by atoms with Crippen molar-refractivity contribution in [3.63, 3.8) is 0 Å². The Bertz CT molecular complexity index is 388. The Morgan fingerprint density at radius 2 is 2.22 bits per heavy atom. The second-order valence-corrected chi connectivity index (χ2v) is 5.30. The Morgan fingerprint density at radius 1 is 1.28 bits per heavy atom. The van der Waals surface area contributed by atoms with Crippen molar-refractivity contribution in [1.29, 1.82) is 0 Å². The van der Waals surface area contributed by atoms with Crippen LogP contribution in [0, 0.1) is 5.92 Å². The minimum atomic E-state index is 0.415. The van der Waals surface area contributed by atoms with Crippen molar-refractivity contribution in [3.05, 3.63) is 29.8 Å². The number of ether oxygens (including phenoxy) is 2. The molecule has 0 amide bonds. The molecule has 0 bridgehead atoms. The highest BCUT2D eigenvalue weighted by atomic mass is 16.5. The van der Waals surface area contributed by atoms with Gasteiger partial charge in [-0.05, 0) is 31.4 Å². The van der Waals surface area contributed by atoms with Crippen LogP contribution >= 0.6 is 0 Å². The lowest BCUT2D eigenvalue weighted by Crippen LogP contribution is -2.32. The van der Waals surface area contributed by atoms with Crippen molar-refractivity contribution in [2.24, 2.45) is 5.92 Å². The summed E-state index contributed by atoms with van der Waals surface area (Å²) in [4.78, 5) is 0. The summed E-state index contributed by atoms with van der Waals surface area (Å²) < 4.78 is 11.6. The largest absolute Gasteiger partial charge is 0.493 e. The summed E-state index contributed by atoms with van der Waals surface area (Å²) in [6.45, 7) is 4.71. The minimum absolute atomic E-state index is 0.415. The molecule has 18 heavy (non-hydrogen) atoms. The van der Waals surface area contributed by atoms with Crippen LogP contribution in [0.3, 0.4) is 0 Å². The zero-order valence-corrected chi connectivity index (χ0v) is 10.7. The highest BCUT2D eigenvalue weighted by Gasteiger charge is 2.24. The second-order valence-electron chi connectivity index (χ2n) is 5.30. The fourth-order valence-corrected chi connectivity index (χ4v) is 2.81. The molecule has 3 heteroatoms. The molecule has 0 aromatic heterocycles. The number of para-hydroxylation sites is 1. The van der Waals surface area contributed by atoms with Gasteiger partial charge in [0.05, 0.1) is 19.8 Å². The molecule has 2 heterocycles. The van der Waals surface area contributed by atoms with Crippen molar-refractivity contribution in [2.75, 3.05) is 32.9 Å². The van der Waals surface area contributed by atoms with E-state index in [-0.39, 0.29) is 0 Å². The van der Waals surface area contributed by atoms with E-state index in [4.69, 9.17) is 9.47 Å². The number of hydrogen-bond acceptors (Lipinski definition) is 3. The Hall–Kier alpha value is -1.06. The van der Waals surface area contributed by atoms with Gasteiger partial charge in [0.1, 0.15) is 5.75 Å². The smallest absolute Gasteiger partial charge is 0.123 e. The molecule has 2 unspecified atom stereocenters. The summed E-state index contributed by atoms with van der Waals surface area (Å²) in [6, 6.07) is 8.29. The lowest BCUT2D eigenvalue weighted by Gasteiger charge is -2.23. The minimum Gasteiger partial charge on any atom is -0.493 e.